The summed E-state index contributed by atoms with van der Waals surface area (Å²) in [4.78, 5) is 0. The summed E-state index contributed by atoms with van der Waals surface area (Å²) in [5.74, 6) is 0. The number of nitrogens with one attached hydrogen (secondary N) is 1. The number of aromatic nitrogens is 2. The summed E-state index contributed by atoms with van der Waals surface area (Å²) in [6.45, 7) is 3.94. The van der Waals surface area contributed by atoms with Crippen LogP contribution in [0.2, 0.25) is 0 Å². The van der Waals surface area contributed by atoms with Gasteiger partial charge in [0, 0.05) is 16.8 Å². The molecule has 17 heavy (non-hydrogen) atoms. The van der Waals surface area contributed by atoms with Crippen LogP contribution < -0.4 is 5.32 Å². The van der Waals surface area contributed by atoms with Crippen molar-refractivity contribution in [3.05, 3.63) is 5.01 Å². The molecule has 1 saturated carbocycles. The molecule has 1 aliphatic carbocycles. The zero-order valence-electron chi connectivity index (χ0n) is 9.18. The Balaban J connectivity index is 2.04. The minimum absolute atomic E-state index is 0.0370. The second-order valence-electron chi connectivity index (χ2n) is 4.63. The smallest absolute Gasteiger partial charge is 0.357 e. The van der Waals surface area contributed by atoms with Crippen molar-refractivity contribution in [3.63, 3.8) is 0 Å². The number of rotatable bonds is 2. The largest absolute Gasteiger partial charge is 0.445 e. The lowest BCUT2D eigenvalue weighted by Gasteiger charge is -2.49. The van der Waals surface area contributed by atoms with Gasteiger partial charge in [-0.15, -0.1) is 21.8 Å². The van der Waals surface area contributed by atoms with Crippen molar-refractivity contribution in [2.45, 2.75) is 37.9 Å². The highest BCUT2D eigenvalue weighted by Gasteiger charge is 2.47. The maximum Gasteiger partial charge on any atom is 0.445 e. The minimum Gasteiger partial charge on any atom is -0.357 e. The summed E-state index contributed by atoms with van der Waals surface area (Å²) in [6, 6.07) is 0.0408. The van der Waals surface area contributed by atoms with E-state index >= 15 is 0 Å². The molecule has 0 bridgehead atoms. The molecule has 2 atom stereocenters. The molecule has 0 aromatic carbocycles. The van der Waals surface area contributed by atoms with Gasteiger partial charge in [-0.3, -0.25) is 0 Å². The quantitative estimate of drug-likeness (QED) is 0.847. The number of hydrogen-bond acceptors (Lipinski definition) is 4. The Morgan fingerprint density at radius 3 is 2.47 bits per heavy atom. The predicted octanol–water partition coefficient (Wildman–Crippen LogP) is 3.37. The molecule has 1 aromatic heterocycles. The highest BCUT2D eigenvalue weighted by Crippen LogP contribution is 2.46. The van der Waals surface area contributed by atoms with Crippen LogP contribution in [-0.2, 0) is 6.18 Å². The Kier molecular flexibility index (Phi) is 3.02. The van der Waals surface area contributed by atoms with Gasteiger partial charge in [0.05, 0.1) is 0 Å². The normalized spacial score (nSPS) is 27.6. The first-order chi connectivity index (χ1) is 7.71. The van der Waals surface area contributed by atoms with Crippen LogP contribution in [0.4, 0.5) is 18.3 Å². The van der Waals surface area contributed by atoms with Crippen molar-refractivity contribution in [2.75, 3.05) is 5.32 Å². The summed E-state index contributed by atoms with van der Waals surface area (Å²) in [6.07, 6.45) is -3.71. The summed E-state index contributed by atoms with van der Waals surface area (Å²) in [5, 5.41) is 8.85. The second-order valence-corrected chi connectivity index (χ2v) is 6.14. The van der Waals surface area contributed by atoms with Gasteiger partial charge in [0.15, 0.2) is 0 Å². The third-order valence-electron chi connectivity index (χ3n) is 3.11. The van der Waals surface area contributed by atoms with Gasteiger partial charge in [0.2, 0.25) is 10.1 Å². The molecule has 0 saturated heterocycles. The standard InChI is InChI=1S/C9H11ClF3N3S/c1-8(2)4(10)3-5(8)14-7-16-15-6(17-7)9(11,12)13/h4-5H,3H2,1-2H3,(H,14,16). The molecule has 1 fully saturated rings. The van der Waals surface area contributed by atoms with E-state index in [1.165, 1.54) is 0 Å². The Bertz CT molecular complexity index is 418. The number of nitrogens with zero attached hydrogens (tertiary/aromatic N) is 2. The Morgan fingerprint density at radius 1 is 1.41 bits per heavy atom. The molecule has 0 spiro atoms. The molecule has 3 nitrogen and oxygen atoms in total. The molecule has 2 unspecified atom stereocenters. The molecule has 0 aliphatic heterocycles. The van der Waals surface area contributed by atoms with Crippen LogP contribution in [0.3, 0.4) is 0 Å². The van der Waals surface area contributed by atoms with Crippen LogP contribution in [0, 0.1) is 5.41 Å². The second kappa shape index (κ2) is 3.98. The first-order valence-electron chi connectivity index (χ1n) is 5.02. The summed E-state index contributed by atoms with van der Waals surface area (Å²) in [7, 11) is 0. The number of hydrogen-bond donors (Lipinski definition) is 1. The monoisotopic (exact) mass is 285 g/mol. The molecule has 1 N–H and O–H groups in total. The third kappa shape index (κ3) is 2.35. The molecule has 0 amide bonds. The predicted molar refractivity (Wildman–Crippen MR) is 60.4 cm³/mol. The molecule has 1 aromatic rings. The average Bonchev–Trinajstić information content (AvgIpc) is 2.65. The van der Waals surface area contributed by atoms with Crippen molar-refractivity contribution < 1.29 is 13.2 Å². The van der Waals surface area contributed by atoms with Crippen molar-refractivity contribution in [3.8, 4) is 0 Å². The van der Waals surface area contributed by atoms with Crippen LogP contribution in [-0.4, -0.2) is 21.6 Å². The van der Waals surface area contributed by atoms with Gasteiger partial charge in [-0.05, 0) is 6.42 Å². The lowest BCUT2D eigenvalue weighted by atomic mass is 9.67. The van der Waals surface area contributed by atoms with E-state index in [-0.39, 0.29) is 22.0 Å². The third-order valence-corrected chi connectivity index (χ3v) is 4.75. The van der Waals surface area contributed by atoms with E-state index in [0.717, 1.165) is 6.42 Å². The fraction of sp³-hybridized carbons (Fsp3) is 0.778. The minimum atomic E-state index is -4.43. The topological polar surface area (TPSA) is 37.8 Å². The maximum atomic E-state index is 12.3. The van der Waals surface area contributed by atoms with Crippen LogP contribution in [0.25, 0.3) is 0 Å². The SMILES string of the molecule is CC1(C)C(Cl)CC1Nc1nnc(C(F)(F)F)s1. The summed E-state index contributed by atoms with van der Waals surface area (Å²) < 4.78 is 36.9. The van der Waals surface area contributed by atoms with E-state index in [9.17, 15) is 13.2 Å². The van der Waals surface area contributed by atoms with Gasteiger partial charge in [0.1, 0.15) is 0 Å². The Labute approximate surface area is 105 Å². The Hall–Kier alpha value is -0.560. The van der Waals surface area contributed by atoms with Crippen LogP contribution in [0.1, 0.15) is 25.3 Å². The number of anilines is 1. The number of alkyl halides is 4. The summed E-state index contributed by atoms with van der Waals surface area (Å²) >= 11 is 6.54. The first kappa shape index (κ1) is 12.9. The van der Waals surface area contributed by atoms with Gasteiger partial charge >= 0.3 is 6.18 Å². The molecule has 1 aliphatic rings. The van der Waals surface area contributed by atoms with Crippen LogP contribution in [0.5, 0.6) is 0 Å². The zero-order chi connectivity index (χ0) is 12.8. The number of halogens is 4. The van der Waals surface area contributed by atoms with Crippen molar-refractivity contribution in [2.24, 2.45) is 5.41 Å². The maximum absolute atomic E-state index is 12.3. The van der Waals surface area contributed by atoms with Crippen molar-refractivity contribution >= 4 is 28.1 Å². The highest BCUT2D eigenvalue weighted by molar-refractivity contribution is 7.15. The van der Waals surface area contributed by atoms with Crippen molar-refractivity contribution in [1.29, 1.82) is 0 Å². The molecule has 1 heterocycles. The highest BCUT2D eigenvalue weighted by atomic mass is 35.5. The molecule has 96 valence electrons. The van der Waals surface area contributed by atoms with Gasteiger partial charge < -0.3 is 5.32 Å². The van der Waals surface area contributed by atoms with E-state index < -0.39 is 11.2 Å². The lowest BCUT2D eigenvalue weighted by Crippen LogP contribution is -2.54. The fourth-order valence-electron chi connectivity index (χ4n) is 1.66. The molecular formula is C9H11ClF3N3S. The Morgan fingerprint density at radius 2 is 2.06 bits per heavy atom. The van der Waals surface area contributed by atoms with Gasteiger partial charge in [-0.1, -0.05) is 25.2 Å². The van der Waals surface area contributed by atoms with E-state index in [2.05, 4.69) is 15.5 Å². The summed E-state index contributed by atoms with van der Waals surface area (Å²) in [5.41, 5.74) is -0.147. The van der Waals surface area contributed by atoms with Crippen LogP contribution in [0.15, 0.2) is 0 Å². The van der Waals surface area contributed by atoms with Crippen LogP contribution >= 0.6 is 22.9 Å². The van der Waals surface area contributed by atoms with Gasteiger partial charge in [-0.2, -0.15) is 13.2 Å². The lowest BCUT2D eigenvalue weighted by molar-refractivity contribution is -0.138. The molecule has 0 radical (unpaired) electrons. The van der Waals surface area contributed by atoms with E-state index in [1.54, 1.807) is 0 Å². The van der Waals surface area contributed by atoms with Crippen molar-refractivity contribution in [1.82, 2.24) is 10.2 Å². The fourth-order valence-corrected chi connectivity index (χ4v) is 2.66. The van der Waals surface area contributed by atoms with E-state index in [1.807, 2.05) is 13.8 Å². The van der Waals surface area contributed by atoms with E-state index in [4.69, 9.17) is 11.6 Å². The molecular weight excluding hydrogens is 275 g/mol. The van der Waals surface area contributed by atoms with Gasteiger partial charge in [-0.25, -0.2) is 0 Å². The van der Waals surface area contributed by atoms with Gasteiger partial charge in [0.25, 0.3) is 0 Å². The van der Waals surface area contributed by atoms with E-state index in [0.29, 0.717) is 11.3 Å². The zero-order valence-corrected chi connectivity index (χ0v) is 10.7. The molecule has 8 heteroatoms. The molecule has 2 rings (SSSR count). The average molecular weight is 286 g/mol. The first-order valence-corrected chi connectivity index (χ1v) is 6.28.